The second-order valence-corrected chi connectivity index (χ2v) is 5.73. The van der Waals surface area contributed by atoms with Crippen LogP contribution in [0.4, 0.5) is 5.82 Å². The number of aromatic nitrogens is 2. The lowest BCUT2D eigenvalue weighted by atomic mass is 10.3. The van der Waals surface area contributed by atoms with Crippen molar-refractivity contribution in [1.82, 2.24) is 9.97 Å². The van der Waals surface area contributed by atoms with Gasteiger partial charge in [0.25, 0.3) is 0 Å². The summed E-state index contributed by atoms with van der Waals surface area (Å²) in [7, 11) is 0. The minimum absolute atomic E-state index is 0.106. The molecule has 0 fully saturated rings. The standard InChI is InChI=1S/C14H11N3OS2/c18-13(17-12-3-1-2-5-15-12)7-11-9-20-14(16-11)10-4-6-19-8-10/h1-6,8-9H,7H2,(H,15,17,18). The molecule has 0 bridgehead atoms. The maximum Gasteiger partial charge on any atom is 0.231 e. The lowest BCUT2D eigenvalue weighted by Gasteiger charge is -2.01. The number of nitrogens with one attached hydrogen (secondary N) is 1. The summed E-state index contributed by atoms with van der Waals surface area (Å²) in [6, 6.07) is 7.43. The van der Waals surface area contributed by atoms with Crippen LogP contribution in [0, 0.1) is 0 Å². The second kappa shape index (κ2) is 5.94. The predicted molar refractivity (Wildman–Crippen MR) is 82.0 cm³/mol. The van der Waals surface area contributed by atoms with Crippen molar-refractivity contribution in [3.8, 4) is 10.6 Å². The second-order valence-electron chi connectivity index (χ2n) is 4.10. The van der Waals surface area contributed by atoms with E-state index in [4.69, 9.17) is 0 Å². The number of hydrogen-bond acceptors (Lipinski definition) is 5. The average Bonchev–Trinajstić information content (AvgIpc) is 3.10. The van der Waals surface area contributed by atoms with E-state index in [0.29, 0.717) is 5.82 Å². The molecule has 6 heteroatoms. The van der Waals surface area contributed by atoms with Gasteiger partial charge < -0.3 is 5.32 Å². The molecule has 0 aliphatic carbocycles. The molecule has 20 heavy (non-hydrogen) atoms. The molecule has 3 heterocycles. The number of nitrogens with zero attached hydrogens (tertiary/aromatic N) is 2. The number of anilines is 1. The molecule has 0 aliphatic rings. The number of carbonyl (C=O) groups excluding carboxylic acids is 1. The Bertz CT molecular complexity index is 692. The van der Waals surface area contributed by atoms with Gasteiger partial charge in [-0.25, -0.2) is 9.97 Å². The molecular formula is C14H11N3OS2. The Kier molecular flexibility index (Phi) is 3.85. The van der Waals surface area contributed by atoms with E-state index in [-0.39, 0.29) is 12.3 Å². The minimum Gasteiger partial charge on any atom is -0.310 e. The van der Waals surface area contributed by atoms with Gasteiger partial charge in [-0.1, -0.05) is 6.07 Å². The van der Waals surface area contributed by atoms with E-state index >= 15 is 0 Å². The first-order valence-electron chi connectivity index (χ1n) is 5.99. The number of amides is 1. The lowest BCUT2D eigenvalue weighted by molar-refractivity contribution is -0.115. The van der Waals surface area contributed by atoms with Crippen molar-refractivity contribution in [2.75, 3.05) is 5.32 Å². The molecule has 3 rings (SSSR count). The molecule has 3 aromatic heterocycles. The molecule has 1 N–H and O–H groups in total. The van der Waals surface area contributed by atoms with Crippen LogP contribution in [0.2, 0.25) is 0 Å². The molecule has 0 aromatic carbocycles. The van der Waals surface area contributed by atoms with Gasteiger partial charge in [-0.05, 0) is 23.6 Å². The van der Waals surface area contributed by atoms with Gasteiger partial charge in [0.05, 0.1) is 12.1 Å². The number of thiazole rings is 1. The monoisotopic (exact) mass is 301 g/mol. The van der Waals surface area contributed by atoms with E-state index in [1.165, 1.54) is 0 Å². The fraction of sp³-hybridized carbons (Fsp3) is 0.0714. The van der Waals surface area contributed by atoms with Crippen LogP contribution in [0.25, 0.3) is 10.6 Å². The number of hydrogen-bond donors (Lipinski definition) is 1. The Morgan fingerprint density at radius 2 is 2.20 bits per heavy atom. The highest BCUT2D eigenvalue weighted by molar-refractivity contribution is 7.14. The Morgan fingerprint density at radius 3 is 2.95 bits per heavy atom. The summed E-state index contributed by atoms with van der Waals surface area (Å²) >= 11 is 3.19. The highest BCUT2D eigenvalue weighted by Crippen LogP contribution is 2.25. The van der Waals surface area contributed by atoms with Crippen LogP contribution in [-0.4, -0.2) is 15.9 Å². The van der Waals surface area contributed by atoms with Gasteiger partial charge in [0, 0.05) is 22.5 Å². The Morgan fingerprint density at radius 1 is 1.25 bits per heavy atom. The van der Waals surface area contributed by atoms with Gasteiger partial charge in [-0.15, -0.1) is 11.3 Å². The molecule has 0 aliphatic heterocycles. The van der Waals surface area contributed by atoms with Gasteiger partial charge in [-0.2, -0.15) is 11.3 Å². The Hall–Kier alpha value is -2.05. The fourth-order valence-electron chi connectivity index (χ4n) is 1.70. The lowest BCUT2D eigenvalue weighted by Crippen LogP contribution is -2.15. The van der Waals surface area contributed by atoms with Crippen molar-refractivity contribution in [2.24, 2.45) is 0 Å². The average molecular weight is 301 g/mol. The number of carbonyl (C=O) groups is 1. The molecule has 0 atom stereocenters. The van der Waals surface area contributed by atoms with Crippen LogP contribution >= 0.6 is 22.7 Å². The molecule has 0 saturated heterocycles. The molecule has 0 spiro atoms. The number of thiophene rings is 1. The smallest absolute Gasteiger partial charge is 0.231 e. The number of rotatable bonds is 4. The zero-order chi connectivity index (χ0) is 13.8. The first-order chi connectivity index (χ1) is 9.81. The van der Waals surface area contributed by atoms with E-state index < -0.39 is 0 Å². The minimum atomic E-state index is -0.106. The summed E-state index contributed by atoms with van der Waals surface area (Å²) in [6.45, 7) is 0. The van der Waals surface area contributed by atoms with Crippen molar-refractivity contribution in [3.05, 3.63) is 52.3 Å². The molecule has 1 amide bonds. The van der Waals surface area contributed by atoms with Crippen molar-refractivity contribution in [2.45, 2.75) is 6.42 Å². The van der Waals surface area contributed by atoms with Gasteiger partial charge in [0.1, 0.15) is 10.8 Å². The normalized spacial score (nSPS) is 10.4. The molecule has 4 nitrogen and oxygen atoms in total. The summed E-state index contributed by atoms with van der Waals surface area (Å²) in [4.78, 5) is 20.4. The molecule has 0 unspecified atom stereocenters. The van der Waals surface area contributed by atoms with Crippen molar-refractivity contribution in [3.63, 3.8) is 0 Å². The van der Waals surface area contributed by atoms with E-state index in [2.05, 4.69) is 20.7 Å². The summed E-state index contributed by atoms with van der Waals surface area (Å²) in [5.74, 6) is 0.455. The Balaban J connectivity index is 1.65. The maximum absolute atomic E-state index is 11.9. The zero-order valence-electron chi connectivity index (χ0n) is 10.4. The van der Waals surface area contributed by atoms with Crippen molar-refractivity contribution < 1.29 is 4.79 Å². The van der Waals surface area contributed by atoms with Crippen LogP contribution in [0.15, 0.2) is 46.6 Å². The summed E-state index contributed by atoms with van der Waals surface area (Å²) in [5.41, 5.74) is 1.89. The van der Waals surface area contributed by atoms with Crippen LogP contribution in [0.1, 0.15) is 5.69 Å². The van der Waals surface area contributed by atoms with Crippen molar-refractivity contribution in [1.29, 1.82) is 0 Å². The van der Waals surface area contributed by atoms with Gasteiger partial charge >= 0.3 is 0 Å². The third kappa shape index (κ3) is 3.09. The summed E-state index contributed by atoms with van der Waals surface area (Å²) in [5, 5.41) is 9.69. The maximum atomic E-state index is 11.9. The third-order valence-corrected chi connectivity index (χ3v) is 4.22. The fourth-order valence-corrected chi connectivity index (χ4v) is 3.23. The van der Waals surface area contributed by atoms with Crippen LogP contribution in [0.3, 0.4) is 0 Å². The predicted octanol–water partition coefficient (Wildman–Crippen LogP) is 3.45. The van der Waals surface area contributed by atoms with Gasteiger partial charge in [-0.3, -0.25) is 4.79 Å². The zero-order valence-corrected chi connectivity index (χ0v) is 12.1. The first-order valence-corrected chi connectivity index (χ1v) is 7.81. The highest BCUT2D eigenvalue weighted by atomic mass is 32.1. The first kappa shape index (κ1) is 13.0. The molecule has 100 valence electrons. The molecule has 0 saturated carbocycles. The van der Waals surface area contributed by atoms with E-state index in [0.717, 1.165) is 16.3 Å². The van der Waals surface area contributed by atoms with Crippen LogP contribution in [-0.2, 0) is 11.2 Å². The van der Waals surface area contributed by atoms with Crippen LogP contribution < -0.4 is 5.32 Å². The third-order valence-electron chi connectivity index (χ3n) is 2.59. The quantitative estimate of drug-likeness (QED) is 0.803. The highest BCUT2D eigenvalue weighted by Gasteiger charge is 2.09. The Labute approximate surface area is 124 Å². The summed E-state index contributed by atoms with van der Waals surface area (Å²) < 4.78 is 0. The number of pyridine rings is 1. The van der Waals surface area contributed by atoms with E-state index in [1.54, 1.807) is 34.9 Å². The van der Waals surface area contributed by atoms with E-state index in [1.807, 2.05) is 29.0 Å². The van der Waals surface area contributed by atoms with Crippen LogP contribution in [0.5, 0.6) is 0 Å². The van der Waals surface area contributed by atoms with Gasteiger partial charge in [0.2, 0.25) is 5.91 Å². The van der Waals surface area contributed by atoms with E-state index in [9.17, 15) is 4.79 Å². The van der Waals surface area contributed by atoms with Crippen molar-refractivity contribution >= 4 is 34.4 Å². The topological polar surface area (TPSA) is 54.9 Å². The largest absolute Gasteiger partial charge is 0.310 e. The SMILES string of the molecule is O=C(Cc1csc(-c2ccsc2)n1)Nc1ccccn1. The summed E-state index contributed by atoms with van der Waals surface area (Å²) in [6.07, 6.45) is 1.91. The van der Waals surface area contributed by atoms with Gasteiger partial charge in [0.15, 0.2) is 0 Å². The molecule has 0 radical (unpaired) electrons. The molecular weight excluding hydrogens is 290 g/mol. The molecule has 3 aromatic rings.